The number of rotatable bonds is 4. The number of nitrogens with zero attached hydrogens (tertiary/aromatic N) is 5. The van der Waals surface area contributed by atoms with E-state index in [0.29, 0.717) is 0 Å². The molecule has 52 heavy (non-hydrogen) atoms. The molecule has 9 aromatic rings. The molecule has 3 heterocycles. The van der Waals surface area contributed by atoms with Crippen molar-refractivity contribution in [2.24, 2.45) is 9.98 Å². The van der Waals surface area contributed by atoms with Crippen molar-refractivity contribution in [3.63, 3.8) is 0 Å². The van der Waals surface area contributed by atoms with Crippen molar-refractivity contribution in [1.29, 1.82) is 0 Å². The van der Waals surface area contributed by atoms with E-state index in [1.807, 2.05) is 24.3 Å². The van der Waals surface area contributed by atoms with Gasteiger partial charge in [0.1, 0.15) is 11.4 Å². The van der Waals surface area contributed by atoms with Crippen molar-refractivity contribution in [2.75, 3.05) is 0 Å². The van der Waals surface area contributed by atoms with Gasteiger partial charge in [-0.1, -0.05) is 140 Å². The lowest BCUT2D eigenvalue weighted by atomic mass is 9.84. The van der Waals surface area contributed by atoms with Gasteiger partial charge in [0.15, 0.2) is 0 Å². The minimum atomic E-state index is 0.751. The van der Waals surface area contributed by atoms with Gasteiger partial charge >= 0.3 is 0 Å². The minimum Gasteiger partial charge on any atom is -0.248 e. The van der Waals surface area contributed by atoms with Crippen LogP contribution in [0, 0.1) is 10.4 Å². The zero-order chi connectivity index (χ0) is 34.2. The van der Waals surface area contributed by atoms with Crippen molar-refractivity contribution < 1.29 is 0 Å². The molecule has 0 radical (unpaired) electrons. The summed E-state index contributed by atoms with van der Waals surface area (Å²) >= 11 is 0. The highest BCUT2D eigenvalue weighted by molar-refractivity contribution is 6.15. The van der Waals surface area contributed by atoms with Crippen LogP contribution in [0.15, 0.2) is 174 Å². The molecule has 2 aliphatic heterocycles. The number of fused-ring (bicyclic) bond motifs is 9. The van der Waals surface area contributed by atoms with Crippen molar-refractivity contribution in [2.45, 2.75) is 0 Å². The predicted molar refractivity (Wildman–Crippen MR) is 208 cm³/mol. The summed E-state index contributed by atoms with van der Waals surface area (Å²) in [5.41, 5.74) is 11.4. The zero-order valence-electron chi connectivity index (χ0n) is 27.8. The van der Waals surface area contributed by atoms with Crippen molar-refractivity contribution >= 4 is 32.9 Å². The van der Waals surface area contributed by atoms with Gasteiger partial charge in [0.25, 0.3) is 0 Å². The average Bonchev–Trinajstić information content (AvgIpc) is 3.79. The molecule has 0 bridgehead atoms. The maximum atomic E-state index is 5.23. The molecule has 5 nitrogen and oxygen atoms in total. The van der Waals surface area contributed by atoms with Crippen molar-refractivity contribution in [1.82, 2.24) is 15.4 Å². The highest BCUT2D eigenvalue weighted by Crippen LogP contribution is 2.52. The summed E-state index contributed by atoms with van der Waals surface area (Å²) in [5.74, 6) is 0. The standard InChI is InChI=1S/C47H27N5/c1-3-12-28(13-4-1)32-24-26-39-43(44-40(48-39)27-25-37-35-18-9-10-21-38(35)49-46(37)44)41(32)47-42(45(50-52-51-47)30-15-5-2-6-16-30)36-20-11-19-33-31-17-8-7-14-29(31)22-23-34(33)36/h1-27H. The van der Waals surface area contributed by atoms with E-state index < -0.39 is 0 Å². The average molecular weight is 662 g/mol. The number of benzene rings is 8. The molecule has 2 aliphatic rings. The van der Waals surface area contributed by atoms with Crippen LogP contribution in [0.2, 0.25) is 0 Å². The Morgan fingerprint density at radius 1 is 0.346 bits per heavy atom. The summed E-state index contributed by atoms with van der Waals surface area (Å²) in [6, 6.07) is 57.3. The Balaban J connectivity index is 1.31. The van der Waals surface area contributed by atoms with Crippen LogP contribution in [0.5, 0.6) is 0 Å². The Hall–Kier alpha value is -7.11. The monoisotopic (exact) mass is 661 g/mol. The summed E-state index contributed by atoms with van der Waals surface area (Å²) in [7, 11) is 0. The summed E-state index contributed by atoms with van der Waals surface area (Å²) in [5, 5.41) is 23.2. The molecule has 240 valence electrons. The summed E-state index contributed by atoms with van der Waals surface area (Å²) in [4.78, 5) is 10.4. The Kier molecular flexibility index (Phi) is 6.18. The Morgan fingerprint density at radius 3 is 1.98 bits per heavy atom. The Labute approximate surface area is 298 Å². The second-order valence-electron chi connectivity index (χ2n) is 13.3. The molecule has 11 rings (SSSR count). The van der Waals surface area contributed by atoms with Gasteiger partial charge < -0.3 is 0 Å². The van der Waals surface area contributed by atoms with Crippen LogP contribution in [0.4, 0.5) is 11.4 Å². The molecule has 0 atom stereocenters. The third-order valence-corrected chi connectivity index (χ3v) is 10.4. The molecule has 0 aliphatic carbocycles. The SMILES string of the molecule is c1ccc(-c2ccc3c(c2-c2nnnc(-c4ccccc4)c2-c2cccc4c2ccc2ccccc24)-c2c4c(ccc2=N3)=c2ccccc2=N4)cc1. The lowest BCUT2D eigenvalue weighted by molar-refractivity contribution is 0.879. The summed E-state index contributed by atoms with van der Waals surface area (Å²) in [6.07, 6.45) is 0. The lowest BCUT2D eigenvalue weighted by Crippen LogP contribution is -2.04. The van der Waals surface area contributed by atoms with Crippen LogP contribution in [0.1, 0.15) is 0 Å². The first kappa shape index (κ1) is 28.7. The van der Waals surface area contributed by atoms with E-state index in [-0.39, 0.29) is 0 Å². The van der Waals surface area contributed by atoms with Crippen LogP contribution in [-0.2, 0) is 0 Å². The van der Waals surface area contributed by atoms with Gasteiger partial charge in [-0.05, 0) is 67.7 Å². The smallest absolute Gasteiger partial charge is 0.106 e. The molecule has 0 spiro atoms. The maximum Gasteiger partial charge on any atom is 0.106 e. The van der Waals surface area contributed by atoms with Gasteiger partial charge in [0.2, 0.25) is 0 Å². The summed E-state index contributed by atoms with van der Waals surface area (Å²) in [6.45, 7) is 0. The van der Waals surface area contributed by atoms with Gasteiger partial charge in [-0.2, -0.15) is 0 Å². The molecule has 1 aromatic heterocycles. The number of aromatic nitrogens is 3. The largest absolute Gasteiger partial charge is 0.248 e. The van der Waals surface area contributed by atoms with Gasteiger partial charge in [-0.3, -0.25) is 0 Å². The Bertz CT molecular complexity index is 3180. The molecule has 0 fully saturated rings. The van der Waals surface area contributed by atoms with Gasteiger partial charge in [0.05, 0.1) is 22.1 Å². The third-order valence-electron chi connectivity index (χ3n) is 10.4. The van der Waals surface area contributed by atoms with Crippen LogP contribution in [-0.4, -0.2) is 15.4 Å². The second-order valence-corrected chi connectivity index (χ2v) is 13.3. The first-order chi connectivity index (χ1) is 25.8. The second kappa shape index (κ2) is 11.2. The van der Waals surface area contributed by atoms with Gasteiger partial charge in [0, 0.05) is 38.3 Å². The summed E-state index contributed by atoms with van der Waals surface area (Å²) < 4.78 is 0. The molecule has 0 unspecified atom stereocenters. The quantitative estimate of drug-likeness (QED) is 0.176. The van der Waals surface area contributed by atoms with E-state index in [4.69, 9.17) is 20.2 Å². The number of hydrogen-bond acceptors (Lipinski definition) is 5. The van der Waals surface area contributed by atoms with E-state index >= 15 is 0 Å². The molecule has 0 N–H and O–H groups in total. The zero-order valence-corrected chi connectivity index (χ0v) is 27.8. The van der Waals surface area contributed by atoms with E-state index in [9.17, 15) is 0 Å². The molecular weight excluding hydrogens is 635 g/mol. The Morgan fingerprint density at radius 2 is 1.10 bits per heavy atom. The van der Waals surface area contributed by atoms with Crippen LogP contribution in [0.25, 0.3) is 77.4 Å². The number of para-hydroxylation sites is 1. The van der Waals surface area contributed by atoms with E-state index in [0.717, 1.165) is 93.8 Å². The first-order valence-corrected chi connectivity index (χ1v) is 17.4. The molecule has 5 heteroatoms. The van der Waals surface area contributed by atoms with Crippen molar-refractivity contribution in [3.05, 3.63) is 185 Å². The van der Waals surface area contributed by atoms with Gasteiger partial charge in [-0.25, -0.2) is 9.98 Å². The highest BCUT2D eigenvalue weighted by atomic mass is 15.3. The lowest BCUT2D eigenvalue weighted by Gasteiger charge is -2.20. The van der Waals surface area contributed by atoms with Crippen LogP contribution < -0.4 is 10.7 Å². The fourth-order valence-corrected chi connectivity index (χ4v) is 8.16. The van der Waals surface area contributed by atoms with Crippen molar-refractivity contribution in [3.8, 4) is 55.9 Å². The van der Waals surface area contributed by atoms with E-state index in [1.54, 1.807) is 0 Å². The molecular formula is C47H27N5. The minimum absolute atomic E-state index is 0.751. The van der Waals surface area contributed by atoms with E-state index in [1.165, 1.54) is 16.2 Å². The van der Waals surface area contributed by atoms with Crippen LogP contribution in [0.3, 0.4) is 0 Å². The fourth-order valence-electron chi connectivity index (χ4n) is 8.16. The first-order valence-electron chi connectivity index (χ1n) is 17.4. The third kappa shape index (κ3) is 4.20. The van der Waals surface area contributed by atoms with Gasteiger partial charge in [-0.15, -0.1) is 10.2 Å². The normalized spacial score (nSPS) is 12.2. The molecule has 0 saturated carbocycles. The van der Waals surface area contributed by atoms with Crippen LogP contribution >= 0.6 is 0 Å². The predicted octanol–water partition coefficient (Wildman–Crippen LogP) is 10.3. The fraction of sp³-hybridized carbons (Fsp3) is 0. The molecule has 0 amide bonds. The number of hydrogen-bond donors (Lipinski definition) is 0. The molecule has 8 aromatic carbocycles. The van der Waals surface area contributed by atoms with E-state index in [2.05, 4.69) is 145 Å². The molecule has 0 saturated heterocycles. The topological polar surface area (TPSA) is 63.4 Å². The highest BCUT2D eigenvalue weighted by Gasteiger charge is 2.30. The maximum absolute atomic E-state index is 5.23.